The summed E-state index contributed by atoms with van der Waals surface area (Å²) in [5.41, 5.74) is 1.26. The van der Waals surface area contributed by atoms with Gasteiger partial charge in [0.2, 0.25) is 5.91 Å². The van der Waals surface area contributed by atoms with E-state index in [1.54, 1.807) is 31.2 Å². The van der Waals surface area contributed by atoms with Gasteiger partial charge in [0.25, 0.3) is 0 Å². The molecule has 0 saturated carbocycles. The minimum Gasteiger partial charge on any atom is -0.466 e. The third-order valence-electron chi connectivity index (χ3n) is 3.60. The van der Waals surface area contributed by atoms with Crippen LogP contribution in [-0.4, -0.2) is 45.4 Å². The van der Waals surface area contributed by atoms with Crippen molar-refractivity contribution in [3.63, 3.8) is 0 Å². The summed E-state index contributed by atoms with van der Waals surface area (Å²) in [6.45, 7) is 1.74. The number of methoxy groups -OCH3 is 2. The summed E-state index contributed by atoms with van der Waals surface area (Å²) < 4.78 is 14.9. The van der Waals surface area contributed by atoms with E-state index in [2.05, 4.69) is 5.32 Å². The van der Waals surface area contributed by atoms with Gasteiger partial charge in [-0.25, -0.2) is 9.59 Å². The molecule has 1 aromatic rings. The van der Waals surface area contributed by atoms with Crippen LogP contribution in [0.1, 0.15) is 13.3 Å². The predicted octanol–water partition coefficient (Wildman–Crippen LogP) is 1.43. The highest BCUT2D eigenvalue weighted by molar-refractivity contribution is 6.03. The van der Waals surface area contributed by atoms with Crippen molar-refractivity contribution in [2.45, 2.75) is 13.3 Å². The third kappa shape index (κ3) is 4.16. The van der Waals surface area contributed by atoms with Crippen LogP contribution in [0.25, 0.3) is 0 Å². The lowest BCUT2D eigenvalue weighted by Crippen LogP contribution is -2.38. The molecule has 1 aliphatic heterocycles. The van der Waals surface area contributed by atoms with E-state index in [0.29, 0.717) is 17.8 Å². The van der Waals surface area contributed by atoms with Crippen LogP contribution in [0.2, 0.25) is 0 Å². The molecule has 1 aromatic carbocycles. The first kappa shape index (κ1) is 18.5. The van der Waals surface area contributed by atoms with Crippen LogP contribution in [0.4, 0.5) is 11.4 Å². The van der Waals surface area contributed by atoms with Gasteiger partial charge in [0.15, 0.2) is 0 Å². The van der Waals surface area contributed by atoms with Crippen LogP contribution < -0.4 is 10.2 Å². The smallest absolute Gasteiger partial charge is 0.355 e. The average Bonchev–Trinajstić information content (AvgIpc) is 2.66. The number of esters is 2. The van der Waals surface area contributed by atoms with Crippen molar-refractivity contribution in [2.24, 2.45) is 0 Å². The van der Waals surface area contributed by atoms with Crippen LogP contribution >= 0.6 is 0 Å². The van der Waals surface area contributed by atoms with Crippen molar-refractivity contribution in [1.29, 1.82) is 0 Å². The fraction of sp³-hybridized carbons (Fsp3) is 0.353. The standard InChI is InChI=1S/C17H20N2O6/c1-4-14(20)18-11-6-5-7-12(8-11)19-10-25-9-13(16(21)23-2)15(19)17(22)24-3/h5-8H,4,9-10H2,1-3H3,(H,18,20). The van der Waals surface area contributed by atoms with E-state index in [-0.39, 0.29) is 30.5 Å². The molecule has 134 valence electrons. The van der Waals surface area contributed by atoms with Crippen LogP contribution in [0.3, 0.4) is 0 Å². The van der Waals surface area contributed by atoms with Crippen molar-refractivity contribution in [3.05, 3.63) is 35.5 Å². The maximum atomic E-state index is 12.2. The SMILES string of the molecule is CCC(=O)Nc1cccc(N2COCC(C(=O)OC)=C2C(=O)OC)c1. The van der Waals surface area contributed by atoms with Crippen LogP contribution in [0, 0.1) is 0 Å². The third-order valence-corrected chi connectivity index (χ3v) is 3.60. The second-order valence-electron chi connectivity index (χ2n) is 5.17. The van der Waals surface area contributed by atoms with Crippen molar-refractivity contribution in [2.75, 3.05) is 37.8 Å². The summed E-state index contributed by atoms with van der Waals surface area (Å²) >= 11 is 0. The molecule has 0 spiro atoms. The van der Waals surface area contributed by atoms with Gasteiger partial charge in [0, 0.05) is 17.8 Å². The first-order chi connectivity index (χ1) is 12.0. The van der Waals surface area contributed by atoms with Crippen molar-refractivity contribution in [3.8, 4) is 0 Å². The largest absolute Gasteiger partial charge is 0.466 e. The normalized spacial score (nSPS) is 14.1. The Kier molecular flexibility index (Phi) is 6.13. The lowest BCUT2D eigenvalue weighted by Gasteiger charge is -2.31. The first-order valence-electron chi connectivity index (χ1n) is 7.66. The zero-order valence-electron chi connectivity index (χ0n) is 14.3. The minimum absolute atomic E-state index is 0.0517. The summed E-state index contributed by atoms with van der Waals surface area (Å²) in [6, 6.07) is 6.86. The minimum atomic E-state index is -0.674. The molecule has 0 unspecified atom stereocenters. The number of rotatable bonds is 5. The summed E-state index contributed by atoms with van der Waals surface area (Å²) in [5.74, 6) is -1.47. The number of ether oxygens (including phenoxy) is 3. The molecule has 2 rings (SSSR count). The lowest BCUT2D eigenvalue weighted by molar-refractivity contribution is -0.140. The van der Waals surface area contributed by atoms with Gasteiger partial charge in [-0.1, -0.05) is 13.0 Å². The Balaban J connectivity index is 2.45. The van der Waals surface area contributed by atoms with Gasteiger partial charge in [-0.15, -0.1) is 0 Å². The Labute approximate surface area is 145 Å². The van der Waals surface area contributed by atoms with Crippen molar-refractivity contribution >= 4 is 29.2 Å². The van der Waals surface area contributed by atoms with E-state index < -0.39 is 11.9 Å². The molecular formula is C17H20N2O6. The Morgan fingerprint density at radius 3 is 2.56 bits per heavy atom. The lowest BCUT2D eigenvalue weighted by atomic mass is 10.1. The number of hydrogen-bond acceptors (Lipinski definition) is 7. The van der Waals surface area contributed by atoms with E-state index in [1.165, 1.54) is 19.1 Å². The number of hydrogen-bond donors (Lipinski definition) is 1. The van der Waals surface area contributed by atoms with Gasteiger partial charge >= 0.3 is 11.9 Å². The summed E-state index contributed by atoms with van der Waals surface area (Å²) in [6.07, 6.45) is 0.344. The molecule has 0 saturated heterocycles. The quantitative estimate of drug-likeness (QED) is 0.804. The Bertz CT molecular complexity index is 713. The molecule has 8 nitrogen and oxygen atoms in total. The second kappa shape index (κ2) is 8.29. The molecular weight excluding hydrogens is 328 g/mol. The fourth-order valence-electron chi connectivity index (χ4n) is 2.35. The maximum absolute atomic E-state index is 12.2. The number of carbonyl (C=O) groups is 3. The Morgan fingerprint density at radius 2 is 1.92 bits per heavy atom. The highest BCUT2D eigenvalue weighted by Crippen LogP contribution is 2.28. The molecule has 0 aliphatic carbocycles. The van der Waals surface area contributed by atoms with E-state index in [1.807, 2.05) is 0 Å². The highest BCUT2D eigenvalue weighted by atomic mass is 16.5. The van der Waals surface area contributed by atoms with Gasteiger partial charge in [-0.05, 0) is 18.2 Å². The number of anilines is 2. The van der Waals surface area contributed by atoms with Crippen LogP contribution in [0.5, 0.6) is 0 Å². The zero-order valence-corrected chi connectivity index (χ0v) is 14.3. The highest BCUT2D eigenvalue weighted by Gasteiger charge is 2.32. The van der Waals surface area contributed by atoms with Crippen LogP contribution in [-0.2, 0) is 28.6 Å². The molecule has 0 aromatic heterocycles. The molecule has 0 radical (unpaired) electrons. The van der Waals surface area contributed by atoms with Gasteiger partial charge in [0.1, 0.15) is 12.4 Å². The second-order valence-corrected chi connectivity index (χ2v) is 5.17. The molecule has 8 heteroatoms. The molecule has 25 heavy (non-hydrogen) atoms. The fourth-order valence-corrected chi connectivity index (χ4v) is 2.35. The molecule has 0 fully saturated rings. The van der Waals surface area contributed by atoms with Crippen molar-refractivity contribution in [1.82, 2.24) is 0 Å². The molecule has 0 atom stereocenters. The van der Waals surface area contributed by atoms with Crippen molar-refractivity contribution < 1.29 is 28.6 Å². The first-order valence-corrected chi connectivity index (χ1v) is 7.66. The summed E-state index contributed by atoms with van der Waals surface area (Å²) in [5, 5.41) is 2.74. The summed E-state index contributed by atoms with van der Waals surface area (Å²) in [7, 11) is 2.46. The number of carbonyl (C=O) groups excluding carboxylic acids is 3. The predicted molar refractivity (Wildman–Crippen MR) is 89.7 cm³/mol. The van der Waals surface area contributed by atoms with Gasteiger partial charge in [0.05, 0.1) is 26.4 Å². The zero-order chi connectivity index (χ0) is 18.4. The molecule has 1 aliphatic rings. The monoisotopic (exact) mass is 348 g/mol. The summed E-state index contributed by atoms with van der Waals surface area (Å²) in [4.78, 5) is 37.3. The van der Waals surface area contributed by atoms with Gasteiger partial charge in [-0.3, -0.25) is 4.79 Å². The number of nitrogens with zero attached hydrogens (tertiary/aromatic N) is 1. The van der Waals surface area contributed by atoms with Gasteiger partial charge < -0.3 is 24.4 Å². The average molecular weight is 348 g/mol. The van der Waals surface area contributed by atoms with E-state index in [4.69, 9.17) is 14.2 Å². The number of nitrogens with one attached hydrogen (secondary N) is 1. The maximum Gasteiger partial charge on any atom is 0.355 e. The molecule has 1 amide bonds. The van der Waals surface area contributed by atoms with E-state index >= 15 is 0 Å². The Morgan fingerprint density at radius 1 is 1.20 bits per heavy atom. The van der Waals surface area contributed by atoms with E-state index in [9.17, 15) is 14.4 Å². The van der Waals surface area contributed by atoms with E-state index in [0.717, 1.165) is 0 Å². The van der Waals surface area contributed by atoms with Crippen LogP contribution in [0.15, 0.2) is 35.5 Å². The number of benzene rings is 1. The van der Waals surface area contributed by atoms with Gasteiger partial charge in [-0.2, -0.15) is 0 Å². The topological polar surface area (TPSA) is 94.2 Å². The Hall–Kier alpha value is -2.87. The molecule has 0 bridgehead atoms. The molecule has 1 N–H and O–H groups in total. The number of amides is 1. The molecule has 1 heterocycles.